The molecule has 0 amide bonds. The monoisotopic (exact) mass is 488 g/mol. The summed E-state index contributed by atoms with van der Waals surface area (Å²) in [6.07, 6.45) is 1.44. The van der Waals surface area contributed by atoms with Gasteiger partial charge in [-0.2, -0.15) is 10.4 Å². The third-order valence-electron chi connectivity index (χ3n) is 4.79. The number of ether oxygens (including phenoxy) is 1. The zero-order chi connectivity index (χ0) is 23.6. The van der Waals surface area contributed by atoms with Crippen LogP contribution in [-0.4, -0.2) is 27.3 Å². The summed E-state index contributed by atoms with van der Waals surface area (Å²) in [5.74, 6) is -0.858. The molecule has 3 aromatic rings. The Morgan fingerprint density at radius 1 is 1.25 bits per heavy atom. The highest BCUT2D eigenvalue weighted by molar-refractivity contribution is 7.99. The summed E-state index contributed by atoms with van der Waals surface area (Å²) in [7, 11) is 0. The number of halogens is 2. The summed E-state index contributed by atoms with van der Waals surface area (Å²) >= 11 is 13.3. The van der Waals surface area contributed by atoms with Crippen LogP contribution in [0.5, 0.6) is 0 Å². The number of aryl methyl sites for hydroxylation is 1. The molecule has 10 heteroatoms. The fourth-order valence-corrected chi connectivity index (χ4v) is 4.41. The molecule has 0 bridgehead atoms. The van der Waals surface area contributed by atoms with Crippen LogP contribution in [0.15, 0.2) is 39.1 Å². The van der Waals surface area contributed by atoms with Gasteiger partial charge in [-0.3, -0.25) is 4.79 Å². The second-order valence-corrected chi connectivity index (χ2v) is 8.65. The second kappa shape index (κ2) is 9.74. The number of aromatic nitrogens is 3. The van der Waals surface area contributed by atoms with Crippen molar-refractivity contribution in [3.05, 3.63) is 72.7 Å². The lowest BCUT2D eigenvalue weighted by Gasteiger charge is -2.13. The maximum absolute atomic E-state index is 13.1. The summed E-state index contributed by atoms with van der Waals surface area (Å²) < 4.78 is 6.32. The van der Waals surface area contributed by atoms with E-state index in [-0.39, 0.29) is 16.5 Å². The molecular weight excluding hydrogens is 471 g/mol. The van der Waals surface area contributed by atoms with Crippen molar-refractivity contribution >= 4 is 40.9 Å². The van der Waals surface area contributed by atoms with Gasteiger partial charge < -0.3 is 4.74 Å². The summed E-state index contributed by atoms with van der Waals surface area (Å²) in [5.41, 5.74) is 2.17. The van der Waals surface area contributed by atoms with Crippen LogP contribution in [0.25, 0.3) is 5.69 Å². The number of nitrogens with zero attached hydrogens (tertiary/aromatic N) is 4. The Bertz CT molecular complexity index is 1330. The number of carbonyl (C=O) groups is 1. The second-order valence-electron chi connectivity index (χ2n) is 6.77. The van der Waals surface area contributed by atoms with Crippen LogP contribution >= 0.6 is 35.0 Å². The van der Waals surface area contributed by atoms with Crippen LogP contribution in [-0.2, 0) is 4.74 Å². The molecule has 2 aromatic heterocycles. The first-order valence-electron chi connectivity index (χ1n) is 9.50. The van der Waals surface area contributed by atoms with Gasteiger partial charge in [0.15, 0.2) is 0 Å². The molecule has 0 fully saturated rings. The highest BCUT2D eigenvalue weighted by Crippen LogP contribution is 2.31. The molecule has 3 rings (SSSR count). The lowest BCUT2D eigenvalue weighted by molar-refractivity contribution is 0.0515. The number of benzene rings is 1. The maximum atomic E-state index is 13.1. The highest BCUT2D eigenvalue weighted by Gasteiger charge is 2.22. The van der Waals surface area contributed by atoms with Crippen molar-refractivity contribution in [2.75, 3.05) is 6.61 Å². The topological polar surface area (TPSA) is 97.9 Å². The molecule has 0 saturated heterocycles. The Labute approximate surface area is 198 Å². The first-order chi connectivity index (χ1) is 15.2. The number of hydrogen-bond donors (Lipinski definition) is 0. The largest absolute Gasteiger partial charge is 0.461 e. The average molecular weight is 489 g/mol. The van der Waals surface area contributed by atoms with E-state index in [1.54, 1.807) is 19.1 Å². The van der Waals surface area contributed by atoms with Gasteiger partial charge in [-0.25, -0.2) is 14.5 Å². The smallest absolute Gasteiger partial charge is 0.362 e. The van der Waals surface area contributed by atoms with Gasteiger partial charge in [0, 0.05) is 16.9 Å². The van der Waals surface area contributed by atoms with Crippen molar-refractivity contribution in [2.45, 2.75) is 37.6 Å². The van der Waals surface area contributed by atoms with Crippen LogP contribution in [0.2, 0.25) is 10.0 Å². The number of pyridine rings is 1. The molecule has 0 unspecified atom stereocenters. The molecule has 0 spiro atoms. The third kappa shape index (κ3) is 4.65. The fraction of sp³-hybridized carbons (Fsp3) is 0.227. The highest BCUT2D eigenvalue weighted by atomic mass is 35.5. The predicted octanol–water partition coefficient (Wildman–Crippen LogP) is 5.06. The zero-order valence-corrected chi connectivity index (χ0v) is 20.0. The third-order valence-corrected chi connectivity index (χ3v) is 6.33. The number of nitriles is 1. The maximum Gasteiger partial charge on any atom is 0.362 e. The van der Waals surface area contributed by atoms with E-state index in [0.717, 1.165) is 28.6 Å². The summed E-state index contributed by atoms with van der Waals surface area (Å²) in [4.78, 5) is 30.2. The standard InChI is InChI=1S/C22H18Cl2N4O3S/c1-5-31-22(30)19-20(29)18(10-28(27-19)17-7-6-14(23)8-16(17)24)32-21-15(9-25)12(3)11(2)13(4)26-21/h6-8,10H,5H2,1-4H3. The van der Waals surface area contributed by atoms with Gasteiger partial charge in [0.05, 0.1) is 27.8 Å². The summed E-state index contributed by atoms with van der Waals surface area (Å²) in [6.45, 7) is 7.25. The molecule has 1 aromatic carbocycles. The average Bonchev–Trinajstić information content (AvgIpc) is 2.74. The van der Waals surface area contributed by atoms with E-state index in [0.29, 0.717) is 21.3 Å². The quantitative estimate of drug-likeness (QED) is 0.462. The molecular formula is C22H18Cl2N4O3S. The van der Waals surface area contributed by atoms with Crippen molar-refractivity contribution in [3.63, 3.8) is 0 Å². The minimum absolute atomic E-state index is 0.0789. The molecule has 0 aliphatic rings. The molecule has 164 valence electrons. The van der Waals surface area contributed by atoms with E-state index in [4.69, 9.17) is 27.9 Å². The number of rotatable bonds is 5. The lowest BCUT2D eigenvalue weighted by Crippen LogP contribution is -2.24. The summed E-state index contributed by atoms with van der Waals surface area (Å²) in [6, 6.07) is 6.91. The van der Waals surface area contributed by atoms with Gasteiger partial charge in [0.1, 0.15) is 11.1 Å². The normalized spacial score (nSPS) is 10.7. The molecule has 0 saturated carbocycles. The van der Waals surface area contributed by atoms with Crippen LogP contribution in [0.1, 0.15) is 39.8 Å². The van der Waals surface area contributed by atoms with E-state index in [9.17, 15) is 14.9 Å². The van der Waals surface area contributed by atoms with Crippen LogP contribution in [0.3, 0.4) is 0 Å². The van der Waals surface area contributed by atoms with Gasteiger partial charge >= 0.3 is 5.97 Å². The molecule has 0 aliphatic carbocycles. The molecule has 2 heterocycles. The van der Waals surface area contributed by atoms with Crippen LogP contribution in [0.4, 0.5) is 0 Å². The van der Waals surface area contributed by atoms with Crippen molar-refractivity contribution in [1.82, 2.24) is 14.8 Å². The van der Waals surface area contributed by atoms with Crippen LogP contribution < -0.4 is 5.43 Å². The first-order valence-corrected chi connectivity index (χ1v) is 11.1. The van der Waals surface area contributed by atoms with Gasteiger partial charge in [-0.05, 0) is 57.0 Å². The van der Waals surface area contributed by atoms with Gasteiger partial charge in [0.2, 0.25) is 11.1 Å². The Kier molecular flexibility index (Phi) is 7.24. The molecule has 32 heavy (non-hydrogen) atoms. The van der Waals surface area contributed by atoms with Gasteiger partial charge in [-0.1, -0.05) is 35.0 Å². The fourth-order valence-electron chi connectivity index (χ4n) is 2.89. The Morgan fingerprint density at radius 3 is 2.59 bits per heavy atom. The van der Waals surface area contributed by atoms with Gasteiger partial charge in [-0.15, -0.1) is 0 Å². The molecule has 0 atom stereocenters. The Morgan fingerprint density at radius 2 is 1.97 bits per heavy atom. The molecule has 0 radical (unpaired) electrons. The Balaban J connectivity index is 2.24. The minimum atomic E-state index is -0.858. The van der Waals surface area contributed by atoms with E-state index in [1.807, 2.05) is 20.8 Å². The molecule has 0 aliphatic heterocycles. The van der Waals surface area contributed by atoms with Crippen LogP contribution in [0, 0.1) is 32.1 Å². The van der Waals surface area contributed by atoms with E-state index >= 15 is 0 Å². The van der Waals surface area contributed by atoms with E-state index in [2.05, 4.69) is 16.2 Å². The Hall–Kier alpha value is -2.86. The number of esters is 1. The zero-order valence-electron chi connectivity index (χ0n) is 17.7. The summed E-state index contributed by atoms with van der Waals surface area (Å²) in [5, 5.41) is 14.9. The lowest BCUT2D eigenvalue weighted by atomic mass is 10.1. The van der Waals surface area contributed by atoms with Crippen molar-refractivity contribution in [1.29, 1.82) is 5.26 Å². The molecule has 7 nitrogen and oxygen atoms in total. The first kappa shape index (κ1) is 23.8. The van der Waals surface area contributed by atoms with Crippen molar-refractivity contribution in [3.8, 4) is 11.8 Å². The predicted molar refractivity (Wildman–Crippen MR) is 123 cm³/mol. The minimum Gasteiger partial charge on any atom is -0.461 e. The van der Waals surface area contributed by atoms with E-state index < -0.39 is 17.1 Å². The van der Waals surface area contributed by atoms with E-state index in [1.165, 1.54) is 16.9 Å². The van der Waals surface area contributed by atoms with Crippen molar-refractivity contribution < 1.29 is 9.53 Å². The van der Waals surface area contributed by atoms with Gasteiger partial charge in [0.25, 0.3) is 0 Å². The van der Waals surface area contributed by atoms with Crippen molar-refractivity contribution in [2.24, 2.45) is 0 Å². The number of carbonyl (C=O) groups excluding carboxylic acids is 1. The number of hydrogen-bond acceptors (Lipinski definition) is 7. The molecule has 0 N–H and O–H groups in total. The SMILES string of the molecule is CCOC(=O)c1nn(-c2ccc(Cl)cc2Cl)cc(Sc2nc(C)c(C)c(C)c2C#N)c1=O.